The van der Waals surface area contributed by atoms with Gasteiger partial charge in [-0.3, -0.25) is 0 Å². The van der Waals surface area contributed by atoms with E-state index >= 15 is 0 Å². The fraction of sp³-hybridized carbons (Fsp3) is 1.00. The number of hydrogen-bond acceptors (Lipinski definition) is 2. The van der Waals surface area contributed by atoms with E-state index in [2.05, 4.69) is 13.8 Å². The molecule has 3 heteroatoms. The van der Waals surface area contributed by atoms with Crippen molar-refractivity contribution < 1.29 is 5.11 Å². The highest BCUT2D eigenvalue weighted by Crippen LogP contribution is 2.21. The van der Waals surface area contributed by atoms with Gasteiger partial charge in [0.15, 0.2) is 0 Å². The van der Waals surface area contributed by atoms with Crippen LogP contribution in [0, 0.1) is 5.92 Å². The maximum absolute atomic E-state index is 9.15. The highest BCUT2D eigenvalue weighted by molar-refractivity contribution is 5.85. The lowest BCUT2D eigenvalue weighted by atomic mass is 9.84. The van der Waals surface area contributed by atoms with E-state index in [-0.39, 0.29) is 30.5 Å². The molecule has 0 fully saturated rings. The van der Waals surface area contributed by atoms with Crippen LogP contribution in [0.1, 0.15) is 91.4 Å². The first-order chi connectivity index (χ1) is 9.04. The number of rotatable bonds is 13. The molecule has 0 aromatic rings. The van der Waals surface area contributed by atoms with Gasteiger partial charge in [0.2, 0.25) is 0 Å². The molecule has 2 atom stereocenters. The molecule has 20 heavy (non-hydrogen) atoms. The minimum Gasteiger partial charge on any atom is -0.396 e. The predicted octanol–water partition coefficient (Wildman–Crippen LogP) is 5.07. The molecule has 0 amide bonds. The van der Waals surface area contributed by atoms with Crippen LogP contribution in [0.3, 0.4) is 0 Å². The van der Waals surface area contributed by atoms with E-state index in [1.807, 2.05) is 6.92 Å². The zero-order valence-corrected chi connectivity index (χ0v) is 14.8. The number of halogens is 1. The molecule has 0 bridgehead atoms. The summed E-state index contributed by atoms with van der Waals surface area (Å²) in [5.41, 5.74) is 6.02. The van der Waals surface area contributed by atoms with Gasteiger partial charge in [-0.15, -0.1) is 12.4 Å². The molecule has 0 saturated carbocycles. The average molecular weight is 308 g/mol. The first kappa shape index (κ1) is 22.5. The molecule has 3 N–H and O–H groups in total. The van der Waals surface area contributed by atoms with Crippen molar-refractivity contribution >= 4 is 12.4 Å². The summed E-state index contributed by atoms with van der Waals surface area (Å²) in [6, 6.07) is 0. The molecule has 0 aliphatic carbocycles. The highest BCUT2D eigenvalue weighted by Gasteiger charge is 2.24. The molecule has 0 aliphatic rings. The molecular formula is C17H38ClNO. The zero-order chi connectivity index (χ0) is 14.6. The van der Waals surface area contributed by atoms with Crippen LogP contribution >= 0.6 is 12.4 Å². The number of hydrogen-bond donors (Lipinski definition) is 2. The molecule has 0 aliphatic heterocycles. The Hall–Kier alpha value is 0.210. The molecule has 0 aromatic carbocycles. The summed E-state index contributed by atoms with van der Waals surface area (Å²) in [6.07, 6.45) is 14.6. The van der Waals surface area contributed by atoms with E-state index in [0.717, 1.165) is 6.42 Å². The average Bonchev–Trinajstić information content (AvgIpc) is 2.39. The fourth-order valence-corrected chi connectivity index (χ4v) is 2.45. The summed E-state index contributed by atoms with van der Waals surface area (Å²) >= 11 is 0. The van der Waals surface area contributed by atoms with E-state index in [4.69, 9.17) is 10.8 Å². The van der Waals surface area contributed by atoms with Gasteiger partial charge in [-0.1, -0.05) is 78.1 Å². The summed E-state index contributed by atoms with van der Waals surface area (Å²) in [7, 11) is 0. The Morgan fingerprint density at radius 3 is 1.70 bits per heavy atom. The van der Waals surface area contributed by atoms with Gasteiger partial charge in [0.05, 0.1) is 0 Å². The second kappa shape index (κ2) is 14.2. The van der Waals surface area contributed by atoms with Crippen LogP contribution in [0.4, 0.5) is 0 Å². The molecule has 0 radical (unpaired) electrons. The molecule has 2 nitrogen and oxygen atoms in total. The topological polar surface area (TPSA) is 46.2 Å². The van der Waals surface area contributed by atoms with Gasteiger partial charge < -0.3 is 10.8 Å². The van der Waals surface area contributed by atoms with Gasteiger partial charge in [-0.05, 0) is 19.3 Å². The Morgan fingerprint density at radius 1 is 0.900 bits per heavy atom. The van der Waals surface area contributed by atoms with Gasteiger partial charge in [-0.2, -0.15) is 0 Å². The Kier molecular flexibility index (Phi) is 15.9. The third-order valence-electron chi connectivity index (χ3n) is 4.47. The van der Waals surface area contributed by atoms with Crippen molar-refractivity contribution in [3.05, 3.63) is 0 Å². The van der Waals surface area contributed by atoms with Crippen molar-refractivity contribution in [3.63, 3.8) is 0 Å². The van der Waals surface area contributed by atoms with Crippen LogP contribution in [0.25, 0.3) is 0 Å². The molecule has 0 saturated heterocycles. The lowest BCUT2D eigenvalue weighted by Gasteiger charge is -2.30. The van der Waals surface area contributed by atoms with Crippen LogP contribution in [0.5, 0.6) is 0 Å². The monoisotopic (exact) mass is 307 g/mol. The Balaban J connectivity index is 0. The van der Waals surface area contributed by atoms with E-state index < -0.39 is 0 Å². The van der Waals surface area contributed by atoms with Crippen LogP contribution in [-0.2, 0) is 0 Å². The molecule has 0 rings (SSSR count). The fourth-order valence-electron chi connectivity index (χ4n) is 2.45. The molecule has 124 valence electrons. The lowest BCUT2D eigenvalue weighted by Crippen LogP contribution is -2.44. The van der Waals surface area contributed by atoms with Crippen molar-refractivity contribution in [2.75, 3.05) is 6.61 Å². The second-order valence-corrected chi connectivity index (χ2v) is 6.52. The number of unbranched alkanes of at least 4 members (excludes halogenated alkanes) is 9. The normalized spacial score (nSPS) is 15.4. The largest absolute Gasteiger partial charge is 0.396 e. The number of aliphatic hydroxyl groups excluding tert-OH is 1. The molecule has 0 aromatic heterocycles. The minimum absolute atomic E-state index is 0. The second-order valence-electron chi connectivity index (χ2n) is 6.52. The van der Waals surface area contributed by atoms with Crippen molar-refractivity contribution in [3.8, 4) is 0 Å². The van der Waals surface area contributed by atoms with Gasteiger partial charge in [-0.25, -0.2) is 0 Å². The van der Waals surface area contributed by atoms with Crippen molar-refractivity contribution in [1.82, 2.24) is 0 Å². The summed E-state index contributed by atoms with van der Waals surface area (Å²) in [6.45, 7) is 6.57. The summed E-state index contributed by atoms with van der Waals surface area (Å²) < 4.78 is 0. The summed E-state index contributed by atoms with van der Waals surface area (Å²) in [5.74, 6) is 0.200. The Bertz CT molecular complexity index is 197. The van der Waals surface area contributed by atoms with Gasteiger partial charge in [0.25, 0.3) is 0 Å². The standard InChI is InChI=1S/C17H37NO.ClH/c1-4-5-6-7-8-9-10-11-12-13-14-17(3,18)16(2)15-19;/h16,19H,4-15,18H2,1-3H3;1H. The minimum atomic E-state index is -0.200. The van der Waals surface area contributed by atoms with Crippen LogP contribution < -0.4 is 5.73 Å². The van der Waals surface area contributed by atoms with Crippen molar-refractivity contribution in [2.45, 2.75) is 96.9 Å². The smallest absolute Gasteiger partial charge is 0.0474 e. The maximum Gasteiger partial charge on any atom is 0.0474 e. The van der Waals surface area contributed by atoms with Crippen molar-refractivity contribution in [1.29, 1.82) is 0 Å². The van der Waals surface area contributed by atoms with E-state index in [1.165, 1.54) is 64.2 Å². The van der Waals surface area contributed by atoms with Crippen molar-refractivity contribution in [2.24, 2.45) is 11.7 Å². The van der Waals surface area contributed by atoms with Crippen LogP contribution in [0.2, 0.25) is 0 Å². The molecule has 0 heterocycles. The SMILES string of the molecule is CCCCCCCCCCCCC(C)(N)C(C)CO.Cl. The predicted molar refractivity (Wildman–Crippen MR) is 92.6 cm³/mol. The lowest BCUT2D eigenvalue weighted by molar-refractivity contribution is 0.165. The third-order valence-corrected chi connectivity index (χ3v) is 4.47. The Morgan fingerprint density at radius 2 is 1.30 bits per heavy atom. The first-order valence-corrected chi connectivity index (χ1v) is 8.44. The van der Waals surface area contributed by atoms with E-state index in [0.29, 0.717) is 0 Å². The highest BCUT2D eigenvalue weighted by atomic mass is 35.5. The maximum atomic E-state index is 9.15. The number of nitrogens with two attached hydrogens (primary N) is 1. The summed E-state index contributed by atoms with van der Waals surface area (Å²) in [5, 5.41) is 9.15. The Labute approximate surface area is 133 Å². The quantitative estimate of drug-likeness (QED) is 0.467. The number of aliphatic hydroxyl groups is 1. The van der Waals surface area contributed by atoms with Crippen LogP contribution in [-0.4, -0.2) is 17.3 Å². The molecule has 0 spiro atoms. The van der Waals surface area contributed by atoms with E-state index in [9.17, 15) is 0 Å². The first-order valence-electron chi connectivity index (χ1n) is 8.44. The van der Waals surface area contributed by atoms with Crippen LogP contribution in [0.15, 0.2) is 0 Å². The molecular weight excluding hydrogens is 270 g/mol. The zero-order valence-electron chi connectivity index (χ0n) is 14.0. The summed E-state index contributed by atoms with van der Waals surface area (Å²) in [4.78, 5) is 0. The molecule has 2 unspecified atom stereocenters. The van der Waals surface area contributed by atoms with Gasteiger partial charge in [0, 0.05) is 12.1 Å². The van der Waals surface area contributed by atoms with Gasteiger partial charge in [0.1, 0.15) is 0 Å². The van der Waals surface area contributed by atoms with E-state index in [1.54, 1.807) is 0 Å². The van der Waals surface area contributed by atoms with Gasteiger partial charge >= 0.3 is 0 Å². The third kappa shape index (κ3) is 12.0.